The summed E-state index contributed by atoms with van der Waals surface area (Å²) in [5.74, 6) is 0. The molecule has 0 radical (unpaired) electrons. The number of hydrogen-bond acceptors (Lipinski definition) is 5. The van der Waals surface area contributed by atoms with Crippen molar-refractivity contribution >= 4 is 11.4 Å². The van der Waals surface area contributed by atoms with Crippen molar-refractivity contribution in [2.24, 2.45) is 10.2 Å². The van der Waals surface area contributed by atoms with Gasteiger partial charge < -0.3 is 4.52 Å². The zero-order chi connectivity index (χ0) is 12.3. The number of rotatable bonds is 2. The molecule has 2 rings (SSSR count). The van der Waals surface area contributed by atoms with E-state index in [0.717, 1.165) is 0 Å². The third-order valence-electron chi connectivity index (χ3n) is 2.11. The maximum absolute atomic E-state index is 11.2. The van der Waals surface area contributed by atoms with Crippen LogP contribution in [0.1, 0.15) is 11.3 Å². The van der Waals surface area contributed by atoms with Crippen LogP contribution < -0.4 is 5.63 Å². The molecule has 17 heavy (non-hydrogen) atoms. The van der Waals surface area contributed by atoms with Crippen molar-refractivity contribution in [1.29, 1.82) is 5.26 Å². The Morgan fingerprint density at radius 1 is 1.29 bits per heavy atom. The summed E-state index contributed by atoms with van der Waals surface area (Å²) in [5.41, 5.74) is 1.21. The zero-order valence-corrected chi connectivity index (χ0v) is 8.97. The van der Waals surface area contributed by atoms with Crippen LogP contribution in [0, 0.1) is 18.3 Å². The van der Waals surface area contributed by atoms with E-state index < -0.39 is 5.63 Å². The van der Waals surface area contributed by atoms with Gasteiger partial charge in [0.05, 0.1) is 23.0 Å². The van der Waals surface area contributed by atoms with Crippen LogP contribution in [0.3, 0.4) is 0 Å². The van der Waals surface area contributed by atoms with Gasteiger partial charge in [-0.1, -0.05) is 0 Å². The summed E-state index contributed by atoms with van der Waals surface area (Å²) in [5, 5.41) is 18.7. The minimum absolute atomic E-state index is 0.148. The molecule has 1 aromatic carbocycles. The van der Waals surface area contributed by atoms with Gasteiger partial charge in [-0.05, 0) is 31.2 Å². The van der Waals surface area contributed by atoms with E-state index in [-0.39, 0.29) is 5.69 Å². The molecule has 0 saturated heterocycles. The quantitative estimate of drug-likeness (QED) is 0.800. The van der Waals surface area contributed by atoms with E-state index in [0.29, 0.717) is 16.9 Å². The van der Waals surface area contributed by atoms with Gasteiger partial charge in [0.1, 0.15) is 0 Å². The molecule has 1 aromatic heterocycles. The predicted octanol–water partition coefficient (Wildman–Crippen LogP) is 2.56. The molecule has 0 spiro atoms. The molecule has 0 saturated carbocycles. The highest BCUT2D eigenvalue weighted by Gasteiger charge is 2.06. The van der Waals surface area contributed by atoms with Crippen molar-refractivity contribution in [1.82, 2.24) is 5.16 Å². The number of aryl methyl sites for hydroxylation is 1. The second kappa shape index (κ2) is 4.45. The predicted molar refractivity (Wildman–Crippen MR) is 59.4 cm³/mol. The monoisotopic (exact) mass is 228 g/mol. The number of aromatic nitrogens is 1. The molecule has 1 N–H and O–H groups in total. The van der Waals surface area contributed by atoms with E-state index in [2.05, 4.69) is 19.9 Å². The SMILES string of the molecule is Cc1[nH]oc(=O)c1N=Nc1ccc(C#N)cc1. The topological polar surface area (TPSA) is 94.5 Å². The summed E-state index contributed by atoms with van der Waals surface area (Å²) in [7, 11) is 0. The molecule has 0 amide bonds. The van der Waals surface area contributed by atoms with Crippen LogP contribution in [-0.4, -0.2) is 5.16 Å². The lowest BCUT2D eigenvalue weighted by molar-refractivity contribution is 0.388. The fourth-order valence-electron chi connectivity index (χ4n) is 1.20. The normalized spacial score (nSPS) is 10.6. The third-order valence-corrected chi connectivity index (χ3v) is 2.11. The smallest absolute Gasteiger partial charge is 0.336 e. The summed E-state index contributed by atoms with van der Waals surface area (Å²) in [4.78, 5) is 11.2. The molecule has 6 nitrogen and oxygen atoms in total. The van der Waals surface area contributed by atoms with Gasteiger partial charge >= 0.3 is 5.63 Å². The Balaban J connectivity index is 2.27. The minimum Gasteiger partial charge on any atom is -0.336 e. The second-order valence-corrected chi connectivity index (χ2v) is 3.32. The van der Waals surface area contributed by atoms with E-state index in [4.69, 9.17) is 5.26 Å². The average Bonchev–Trinajstić information content (AvgIpc) is 2.67. The Hall–Kier alpha value is -2.68. The van der Waals surface area contributed by atoms with E-state index in [1.807, 2.05) is 6.07 Å². The Bertz CT molecular complexity index is 643. The van der Waals surface area contributed by atoms with Crippen molar-refractivity contribution in [3.8, 4) is 6.07 Å². The maximum Gasteiger partial charge on any atom is 0.384 e. The van der Waals surface area contributed by atoms with Gasteiger partial charge in [0.2, 0.25) is 0 Å². The molecular formula is C11H8N4O2. The lowest BCUT2D eigenvalue weighted by atomic mass is 10.2. The summed E-state index contributed by atoms with van der Waals surface area (Å²) in [6.07, 6.45) is 0. The lowest BCUT2D eigenvalue weighted by Crippen LogP contribution is -1.89. The van der Waals surface area contributed by atoms with Gasteiger partial charge in [-0.3, -0.25) is 0 Å². The van der Waals surface area contributed by atoms with Gasteiger partial charge in [-0.15, -0.1) is 5.11 Å². The first-order chi connectivity index (χ1) is 8.20. The van der Waals surface area contributed by atoms with E-state index >= 15 is 0 Å². The highest BCUT2D eigenvalue weighted by atomic mass is 16.5. The Morgan fingerprint density at radius 2 is 2.00 bits per heavy atom. The van der Waals surface area contributed by atoms with Crippen LogP contribution in [0.25, 0.3) is 0 Å². The molecule has 0 aliphatic rings. The average molecular weight is 228 g/mol. The first-order valence-electron chi connectivity index (χ1n) is 4.80. The highest BCUT2D eigenvalue weighted by Crippen LogP contribution is 2.17. The number of aromatic amines is 1. The van der Waals surface area contributed by atoms with Crippen molar-refractivity contribution in [2.75, 3.05) is 0 Å². The number of nitrogens with one attached hydrogen (secondary N) is 1. The van der Waals surface area contributed by atoms with Gasteiger partial charge in [0.15, 0.2) is 5.69 Å². The van der Waals surface area contributed by atoms with Gasteiger partial charge in [-0.2, -0.15) is 10.4 Å². The number of benzene rings is 1. The molecule has 0 atom stereocenters. The molecule has 0 aliphatic heterocycles. The van der Waals surface area contributed by atoms with Crippen molar-refractivity contribution in [3.05, 3.63) is 45.9 Å². The van der Waals surface area contributed by atoms with Crippen LogP contribution >= 0.6 is 0 Å². The van der Waals surface area contributed by atoms with Crippen molar-refractivity contribution < 1.29 is 4.52 Å². The van der Waals surface area contributed by atoms with Crippen molar-refractivity contribution in [3.63, 3.8) is 0 Å². The number of nitrogens with zero attached hydrogens (tertiary/aromatic N) is 3. The maximum atomic E-state index is 11.2. The molecule has 6 heteroatoms. The molecule has 0 bridgehead atoms. The fraction of sp³-hybridized carbons (Fsp3) is 0.0909. The van der Waals surface area contributed by atoms with Gasteiger partial charge in [0, 0.05) is 0 Å². The number of hydrogen-bond donors (Lipinski definition) is 1. The molecule has 84 valence electrons. The van der Waals surface area contributed by atoms with Crippen LogP contribution in [0.15, 0.2) is 43.8 Å². The first kappa shape index (κ1) is 10.8. The van der Waals surface area contributed by atoms with Crippen LogP contribution in [0.2, 0.25) is 0 Å². The fourth-order valence-corrected chi connectivity index (χ4v) is 1.20. The number of azo groups is 1. The summed E-state index contributed by atoms with van der Waals surface area (Å²) < 4.78 is 4.54. The summed E-state index contributed by atoms with van der Waals surface area (Å²) in [6, 6.07) is 8.54. The highest BCUT2D eigenvalue weighted by molar-refractivity contribution is 5.43. The Morgan fingerprint density at radius 3 is 2.53 bits per heavy atom. The summed E-state index contributed by atoms with van der Waals surface area (Å²) in [6.45, 7) is 1.66. The zero-order valence-electron chi connectivity index (χ0n) is 8.97. The Kier molecular flexibility index (Phi) is 2.83. The van der Waals surface area contributed by atoms with Crippen LogP contribution in [-0.2, 0) is 0 Å². The molecule has 2 aromatic rings. The Labute approximate surface area is 96.2 Å². The van der Waals surface area contributed by atoms with Crippen molar-refractivity contribution in [2.45, 2.75) is 6.92 Å². The summed E-state index contributed by atoms with van der Waals surface area (Å²) >= 11 is 0. The molecule has 0 fully saturated rings. The molecule has 0 aliphatic carbocycles. The largest absolute Gasteiger partial charge is 0.384 e. The minimum atomic E-state index is -0.556. The molecule has 0 unspecified atom stereocenters. The molecular weight excluding hydrogens is 220 g/mol. The lowest BCUT2D eigenvalue weighted by Gasteiger charge is -1.91. The van der Waals surface area contributed by atoms with Crippen LogP contribution in [0.4, 0.5) is 11.4 Å². The third kappa shape index (κ3) is 2.29. The number of H-pyrrole nitrogens is 1. The first-order valence-corrected chi connectivity index (χ1v) is 4.80. The van der Waals surface area contributed by atoms with Crippen LogP contribution in [0.5, 0.6) is 0 Å². The van der Waals surface area contributed by atoms with E-state index in [9.17, 15) is 4.79 Å². The molecule has 1 heterocycles. The van der Waals surface area contributed by atoms with E-state index in [1.54, 1.807) is 31.2 Å². The second-order valence-electron chi connectivity index (χ2n) is 3.32. The van der Waals surface area contributed by atoms with E-state index in [1.165, 1.54) is 0 Å². The number of nitriles is 1. The van der Waals surface area contributed by atoms with Gasteiger partial charge in [0.25, 0.3) is 0 Å². The standard InChI is InChI=1S/C11H8N4O2/c1-7-10(11(16)17-15-7)14-13-9-4-2-8(6-12)3-5-9/h2-5,15H,1H3. The van der Waals surface area contributed by atoms with Gasteiger partial charge in [-0.25, -0.2) is 9.95 Å².